The molecule has 1 heterocycles. The van der Waals surface area contributed by atoms with Gasteiger partial charge in [-0.05, 0) is 29.4 Å². The fourth-order valence-electron chi connectivity index (χ4n) is 3.02. The Morgan fingerprint density at radius 3 is 2.25 bits per heavy atom. The topological polar surface area (TPSA) is 63.4 Å². The van der Waals surface area contributed by atoms with Crippen LogP contribution in [0.4, 0.5) is 0 Å². The van der Waals surface area contributed by atoms with Crippen LogP contribution in [0.3, 0.4) is 0 Å². The summed E-state index contributed by atoms with van der Waals surface area (Å²) in [6.45, 7) is 5.88. The molecule has 1 saturated heterocycles. The number of nitrogens with two attached hydrogens (primary N) is 1. The molecule has 4 nitrogen and oxygen atoms in total. The molecule has 1 aromatic rings. The van der Waals surface area contributed by atoms with E-state index in [2.05, 4.69) is 13.8 Å². The van der Waals surface area contributed by atoms with Crippen molar-refractivity contribution >= 4 is 10.0 Å². The largest absolute Gasteiger partial charge is 0.326 e. The van der Waals surface area contributed by atoms with Gasteiger partial charge in [0.2, 0.25) is 10.0 Å². The summed E-state index contributed by atoms with van der Waals surface area (Å²) in [4.78, 5) is 0. The van der Waals surface area contributed by atoms with Crippen molar-refractivity contribution in [2.45, 2.75) is 32.6 Å². The van der Waals surface area contributed by atoms with Crippen molar-refractivity contribution < 1.29 is 8.42 Å². The van der Waals surface area contributed by atoms with Crippen molar-refractivity contribution in [2.75, 3.05) is 13.1 Å². The van der Waals surface area contributed by atoms with Gasteiger partial charge >= 0.3 is 0 Å². The monoisotopic (exact) mass is 296 g/mol. The van der Waals surface area contributed by atoms with Crippen LogP contribution in [0.2, 0.25) is 0 Å². The van der Waals surface area contributed by atoms with Crippen LogP contribution in [-0.2, 0) is 22.3 Å². The summed E-state index contributed by atoms with van der Waals surface area (Å²) in [5.41, 5.74) is 7.42. The summed E-state index contributed by atoms with van der Waals surface area (Å²) in [6.07, 6.45) is 1.10. The molecule has 0 radical (unpaired) electrons. The van der Waals surface area contributed by atoms with E-state index in [4.69, 9.17) is 5.73 Å². The zero-order valence-corrected chi connectivity index (χ0v) is 13.1. The molecule has 112 valence electrons. The molecular weight excluding hydrogens is 272 g/mol. The normalized spacial score (nSPS) is 24.8. The molecule has 0 aromatic heterocycles. The minimum Gasteiger partial charge on any atom is -0.326 e. The quantitative estimate of drug-likeness (QED) is 0.923. The third-order valence-corrected chi connectivity index (χ3v) is 5.67. The van der Waals surface area contributed by atoms with E-state index in [0.717, 1.165) is 17.5 Å². The Labute approximate surface area is 122 Å². The summed E-state index contributed by atoms with van der Waals surface area (Å²) in [5.74, 6) is 0.913. The van der Waals surface area contributed by atoms with Gasteiger partial charge in [0.25, 0.3) is 0 Å². The average molecular weight is 296 g/mol. The van der Waals surface area contributed by atoms with E-state index in [-0.39, 0.29) is 5.75 Å². The summed E-state index contributed by atoms with van der Waals surface area (Å²) in [6, 6.07) is 7.51. The van der Waals surface area contributed by atoms with Crippen LogP contribution in [-0.4, -0.2) is 25.8 Å². The van der Waals surface area contributed by atoms with Crippen molar-refractivity contribution in [3.63, 3.8) is 0 Å². The summed E-state index contributed by atoms with van der Waals surface area (Å²) in [5, 5.41) is 0. The predicted octanol–water partition coefficient (Wildman–Crippen LogP) is 1.95. The van der Waals surface area contributed by atoms with Gasteiger partial charge in [0.05, 0.1) is 5.75 Å². The number of piperidine rings is 1. The summed E-state index contributed by atoms with van der Waals surface area (Å²) >= 11 is 0. The molecule has 2 unspecified atom stereocenters. The highest BCUT2D eigenvalue weighted by molar-refractivity contribution is 7.88. The van der Waals surface area contributed by atoms with Crippen LogP contribution in [0, 0.1) is 11.8 Å². The lowest BCUT2D eigenvalue weighted by Crippen LogP contribution is -2.43. The Kier molecular flexibility index (Phi) is 4.83. The standard InChI is InChI=1S/C15H24N2O2S/c1-12-7-13(2)10-17(9-12)20(18,19)11-15-6-4-3-5-14(15)8-16/h3-6,12-13H,7-11,16H2,1-2H3. The van der Waals surface area contributed by atoms with E-state index >= 15 is 0 Å². The SMILES string of the molecule is CC1CC(C)CN(S(=O)(=O)Cc2ccccc2CN)C1. The van der Waals surface area contributed by atoms with Crippen LogP contribution in [0.5, 0.6) is 0 Å². The molecule has 1 aliphatic heterocycles. The maximum Gasteiger partial charge on any atom is 0.218 e. The first-order valence-corrected chi connectivity index (χ1v) is 8.78. The Morgan fingerprint density at radius 2 is 1.70 bits per heavy atom. The molecule has 5 heteroatoms. The molecular formula is C15H24N2O2S. The smallest absolute Gasteiger partial charge is 0.218 e. The van der Waals surface area contributed by atoms with Gasteiger partial charge in [0.15, 0.2) is 0 Å². The van der Waals surface area contributed by atoms with Gasteiger partial charge in [0.1, 0.15) is 0 Å². The summed E-state index contributed by atoms with van der Waals surface area (Å²) < 4.78 is 26.9. The fraction of sp³-hybridized carbons (Fsp3) is 0.600. The highest BCUT2D eigenvalue weighted by Crippen LogP contribution is 2.25. The fourth-order valence-corrected chi connectivity index (χ4v) is 4.84. The van der Waals surface area contributed by atoms with Crippen molar-refractivity contribution in [3.05, 3.63) is 35.4 Å². The molecule has 1 aromatic carbocycles. The van der Waals surface area contributed by atoms with Gasteiger partial charge in [-0.2, -0.15) is 0 Å². The van der Waals surface area contributed by atoms with E-state index in [9.17, 15) is 8.42 Å². The first-order chi connectivity index (χ1) is 9.42. The molecule has 1 aliphatic rings. The highest BCUT2D eigenvalue weighted by atomic mass is 32.2. The minimum atomic E-state index is -3.26. The zero-order valence-electron chi connectivity index (χ0n) is 12.2. The number of sulfonamides is 1. The van der Waals surface area contributed by atoms with Crippen molar-refractivity contribution in [1.29, 1.82) is 0 Å². The van der Waals surface area contributed by atoms with Crippen LogP contribution < -0.4 is 5.73 Å². The maximum absolute atomic E-state index is 12.6. The molecule has 1 fully saturated rings. The van der Waals surface area contributed by atoms with E-state index < -0.39 is 10.0 Å². The lowest BCUT2D eigenvalue weighted by Gasteiger charge is -2.34. The van der Waals surface area contributed by atoms with E-state index in [1.165, 1.54) is 0 Å². The Hall–Kier alpha value is -0.910. The summed E-state index contributed by atoms with van der Waals surface area (Å²) in [7, 11) is -3.26. The second-order valence-electron chi connectivity index (χ2n) is 5.99. The number of nitrogens with zero attached hydrogens (tertiary/aromatic N) is 1. The van der Waals surface area contributed by atoms with Crippen LogP contribution in [0.25, 0.3) is 0 Å². The highest BCUT2D eigenvalue weighted by Gasteiger charge is 2.30. The van der Waals surface area contributed by atoms with Crippen molar-refractivity contribution in [2.24, 2.45) is 17.6 Å². The molecule has 2 N–H and O–H groups in total. The van der Waals surface area contributed by atoms with Gasteiger partial charge in [-0.1, -0.05) is 38.1 Å². The van der Waals surface area contributed by atoms with E-state index in [1.807, 2.05) is 24.3 Å². The van der Waals surface area contributed by atoms with Gasteiger partial charge in [0, 0.05) is 19.6 Å². The number of hydrogen-bond donors (Lipinski definition) is 1. The Bertz CT molecular complexity index is 547. The van der Waals surface area contributed by atoms with Gasteiger partial charge in [-0.15, -0.1) is 0 Å². The molecule has 0 aliphatic carbocycles. The number of hydrogen-bond acceptors (Lipinski definition) is 3. The van der Waals surface area contributed by atoms with E-state index in [0.29, 0.717) is 31.5 Å². The average Bonchev–Trinajstić information content (AvgIpc) is 2.38. The Balaban J connectivity index is 2.18. The predicted molar refractivity (Wildman–Crippen MR) is 81.5 cm³/mol. The minimum absolute atomic E-state index is 0.0554. The van der Waals surface area contributed by atoms with E-state index in [1.54, 1.807) is 4.31 Å². The second-order valence-corrected chi connectivity index (χ2v) is 7.96. The van der Waals surface area contributed by atoms with Gasteiger partial charge in [-0.3, -0.25) is 0 Å². The third kappa shape index (κ3) is 3.59. The molecule has 0 amide bonds. The van der Waals surface area contributed by atoms with Crippen LogP contribution in [0.15, 0.2) is 24.3 Å². The molecule has 0 spiro atoms. The van der Waals surface area contributed by atoms with Crippen LogP contribution in [0.1, 0.15) is 31.4 Å². The molecule has 20 heavy (non-hydrogen) atoms. The van der Waals surface area contributed by atoms with Crippen LogP contribution >= 0.6 is 0 Å². The van der Waals surface area contributed by atoms with Gasteiger partial charge < -0.3 is 5.73 Å². The Morgan fingerprint density at radius 1 is 1.15 bits per heavy atom. The lowest BCUT2D eigenvalue weighted by atomic mass is 9.94. The third-order valence-electron chi connectivity index (χ3n) is 3.90. The van der Waals surface area contributed by atoms with Gasteiger partial charge in [-0.25, -0.2) is 12.7 Å². The molecule has 2 atom stereocenters. The molecule has 0 saturated carbocycles. The molecule has 0 bridgehead atoms. The first kappa shape index (κ1) is 15.5. The number of rotatable bonds is 4. The van der Waals surface area contributed by atoms with Crippen molar-refractivity contribution in [3.8, 4) is 0 Å². The first-order valence-electron chi connectivity index (χ1n) is 7.17. The van der Waals surface area contributed by atoms with Crippen molar-refractivity contribution in [1.82, 2.24) is 4.31 Å². The number of benzene rings is 1. The maximum atomic E-state index is 12.6. The second kappa shape index (κ2) is 6.24. The zero-order chi connectivity index (χ0) is 14.8. The lowest BCUT2D eigenvalue weighted by molar-refractivity contribution is 0.222. The molecule has 2 rings (SSSR count).